The Balaban J connectivity index is 1.49. The highest BCUT2D eigenvalue weighted by molar-refractivity contribution is 6.16. The Morgan fingerprint density at radius 1 is 0.962 bits per heavy atom. The van der Waals surface area contributed by atoms with Crippen molar-refractivity contribution < 1.29 is 9.59 Å². The molecule has 0 radical (unpaired) electrons. The van der Waals surface area contributed by atoms with E-state index in [0.717, 1.165) is 16.3 Å². The molecule has 0 saturated heterocycles. The van der Waals surface area contributed by atoms with Gasteiger partial charge in [-0.3, -0.25) is 9.59 Å². The number of fused-ring (bicyclic) bond motifs is 1. The van der Waals surface area contributed by atoms with Gasteiger partial charge in [-0.25, -0.2) is 0 Å². The van der Waals surface area contributed by atoms with E-state index in [-0.39, 0.29) is 24.7 Å². The summed E-state index contributed by atoms with van der Waals surface area (Å²) in [6.07, 6.45) is 0.329. The summed E-state index contributed by atoms with van der Waals surface area (Å²) in [6.45, 7) is 0. The van der Waals surface area contributed by atoms with E-state index in [1.54, 1.807) is 0 Å². The fraction of sp³-hybridized carbons (Fsp3) is 0.0952. The zero-order valence-corrected chi connectivity index (χ0v) is 14.1. The molecule has 4 rings (SSSR count). The lowest BCUT2D eigenvalue weighted by atomic mass is 10.0. The van der Waals surface area contributed by atoms with E-state index in [1.165, 1.54) is 5.01 Å². The van der Waals surface area contributed by atoms with Crippen molar-refractivity contribution >= 4 is 34.1 Å². The first kappa shape index (κ1) is 16.0. The second-order valence-corrected chi connectivity index (χ2v) is 6.13. The van der Waals surface area contributed by atoms with Crippen molar-refractivity contribution in [3.05, 3.63) is 78.4 Å². The van der Waals surface area contributed by atoms with E-state index < -0.39 is 0 Å². The van der Waals surface area contributed by atoms with Crippen LogP contribution in [0.5, 0.6) is 0 Å². The van der Waals surface area contributed by atoms with Gasteiger partial charge in [0.2, 0.25) is 5.91 Å². The lowest BCUT2D eigenvalue weighted by molar-refractivity contribution is -0.119. The summed E-state index contributed by atoms with van der Waals surface area (Å²) in [7, 11) is 0. The lowest BCUT2D eigenvalue weighted by Gasteiger charge is -2.10. The third kappa shape index (κ3) is 3.19. The van der Waals surface area contributed by atoms with Crippen LogP contribution in [0.3, 0.4) is 0 Å². The molecule has 0 saturated carbocycles. The summed E-state index contributed by atoms with van der Waals surface area (Å²) in [5.41, 5.74) is 1.64. The fourth-order valence-electron chi connectivity index (χ4n) is 3.09. The lowest BCUT2D eigenvalue weighted by Crippen LogP contribution is -2.31. The Bertz CT molecular complexity index is 1010. The molecule has 0 aliphatic carbocycles. The van der Waals surface area contributed by atoms with Crippen molar-refractivity contribution in [2.75, 3.05) is 5.01 Å². The molecule has 3 aromatic carbocycles. The number of anilines is 1. The molecule has 0 spiro atoms. The van der Waals surface area contributed by atoms with Crippen molar-refractivity contribution in [3.63, 3.8) is 0 Å². The van der Waals surface area contributed by atoms with Crippen molar-refractivity contribution in [1.82, 2.24) is 5.32 Å². The van der Waals surface area contributed by atoms with Crippen molar-refractivity contribution in [3.8, 4) is 0 Å². The molecular formula is C21H17N3O2. The highest BCUT2D eigenvalue weighted by Crippen LogP contribution is 2.20. The summed E-state index contributed by atoms with van der Waals surface area (Å²) in [6, 6.07) is 23.0. The smallest absolute Gasteiger partial charge is 0.255 e. The van der Waals surface area contributed by atoms with Gasteiger partial charge in [0.05, 0.1) is 18.5 Å². The molecule has 0 unspecified atom stereocenters. The number of carbonyl (C=O) groups is 2. The number of amidine groups is 1. The van der Waals surface area contributed by atoms with Gasteiger partial charge in [0.25, 0.3) is 5.91 Å². The number of rotatable bonds is 3. The van der Waals surface area contributed by atoms with Crippen LogP contribution in [0.25, 0.3) is 10.8 Å². The van der Waals surface area contributed by atoms with Gasteiger partial charge in [0.15, 0.2) is 0 Å². The predicted octanol–water partition coefficient (Wildman–Crippen LogP) is 3.25. The normalized spacial score (nSPS) is 13.8. The number of carbonyl (C=O) groups excluding carboxylic acids is 2. The largest absolute Gasteiger partial charge is 0.312 e. The summed E-state index contributed by atoms with van der Waals surface area (Å²) in [5.74, 6) is 0.0450. The SMILES string of the molecule is O=C(Cc1cccc2ccccc12)NC1=NN(c2ccccc2)C(=O)C1. The number of nitrogens with one attached hydrogen (secondary N) is 1. The third-order valence-electron chi connectivity index (χ3n) is 4.29. The Labute approximate surface area is 150 Å². The third-order valence-corrected chi connectivity index (χ3v) is 4.29. The van der Waals surface area contributed by atoms with Gasteiger partial charge >= 0.3 is 0 Å². The Morgan fingerprint density at radius 2 is 1.69 bits per heavy atom. The number of hydrazone groups is 1. The van der Waals surface area contributed by atoms with Gasteiger partial charge in [-0.15, -0.1) is 0 Å². The van der Waals surface area contributed by atoms with E-state index in [4.69, 9.17) is 0 Å². The minimum absolute atomic E-state index is 0.0934. The van der Waals surface area contributed by atoms with Crippen LogP contribution in [0.1, 0.15) is 12.0 Å². The van der Waals surface area contributed by atoms with E-state index >= 15 is 0 Å². The van der Waals surface area contributed by atoms with Crippen LogP contribution in [0.2, 0.25) is 0 Å². The maximum atomic E-state index is 12.4. The molecule has 0 fully saturated rings. The standard InChI is InChI=1S/C21H17N3O2/c25-20(13-16-9-6-8-15-7-4-5-12-18(15)16)22-19-14-21(26)24(23-19)17-10-2-1-3-11-17/h1-12H,13-14H2,(H,22,23,25). The maximum absolute atomic E-state index is 12.4. The highest BCUT2D eigenvalue weighted by atomic mass is 16.2. The van der Waals surface area contributed by atoms with Gasteiger partial charge in [-0.05, 0) is 28.5 Å². The second-order valence-electron chi connectivity index (χ2n) is 6.13. The second kappa shape index (κ2) is 6.80. The molecule has 1 heterocycles. The first-order valence-electron chi connectivity index (χ1n) is 8.43. The number of para-hydroxylation sites is 1. The van der Waals surface area contributed by atoms with Crippen molar-refractivity contribution in [2.45, 2.75) is 12.8 Å². The van der Waals surface area contributed by atoms with Gasteiger partial charge in [0, 0.05) is 0 Å². The minimum Gasteiger partial charge on any atom is -0.312 e. The van der Waals surface area contributed by atoms with E-state index in [1.807, 2.05) is 72.8 Å². The van der Waals surface area contributed by atoms with Crippen LogP contribution in [0, 0.1) is 0 Å². The summed E-state index contributed by atoms with van der Waals surface area (Å²) >= 11 is 0. The van der Waals surface area contributed by atoms with Gasteiger partial charge < -0.3 is 5.32 Å². The molecule has 1 aliphatic heterocycles. The zero-order valence-electron chi connectivity index (χ0n) is 14.1. The summed E-state index contributed by atoms with van der Waals surface area (Å²) < 4.78 is 0. The molecule has 128 valence electrons. The fourth-order valence-corrected chi connectivity index (χ4v) is 3.09. The first-order valence-corrected chi connectivity index (χ1v) is 8.43. The molecule has 1 aliphatic rings. The molecule has 0 aromatic heterocycles. The number of benzene rings is 3. The van der Waals surface area contributed by atoms with Crippen LogP contribution >= 0.6 is 0 Å². The topological polar surface area (TPSA) is 61.8 Å². The van der Waals surface area contributed by atoms with Crippen LogP contribution in [-0.4, -0.2) is 17.6 Å². The minimum atomic E-state index is -0.178. The monoisotopic (exact) mass is 343 g/mol. The zero-order chi connectivity index (χ0) is 17.9. The molecule has 26 heavy (non-hydrogen) atoms. The molecule has 5 heteroatoms. The Morgan fingerprint density at radius 3 is 2.54 bits per heavy atom. The molecule has 3 aromatic rings. The summed E-state index contributed by atoms with van der Waals surface area (Å²) in [4.78, 5) is 24.6. The predicted molar refractivity (Wildman–Crippen MR) is 102 cm³/mol. The number of amides is 2. The number of hydrogen-bond acceptors (Lipinski definition) is 3. The molecule has 0 atom stereocenters. The highest BCUT2D eigenvalue weighted by Gasteiger charge is 2.26. The molecule has 2 amide bonds. The molecule has 1 N–H and O–H groups in total. The quantitative estimate of drug-likeness (QED) is 0.793. The van der Waals surface area contributed by atoms with Crippen molar-refractivity contribution in [1.29, 1.82) is 0 Å². The van der Waals surface area contributed by atoms with Gasteiger partial charge in [-0.2, -0.15) is 10.1 Å². The van der Waals surface area contributed by atoms with Gasteiger partial charge in [-0.1, -0.05) is 60.7 Å². The Kier molecular flexibility index (Phi) is 4.19. The maximum Gasteiger partial charge on any atom is 0.255 e. The first-order chi connectivity index (χ1) is 12.7. The number of nitrogens with zero attached hydrogens (tertiary/aromatic N) is 2. The van der Waals surface area contributed by atoms with E-state index in [0.29, 0.717) is 11.5 Å². The molecular weight excluding hydrogens is 326 g/mol. The Hall–Kier alpha value is -3.47. The van der Waals surface area contributed by atoms with Crippen LogP contribution < -0.4 is 10.3 Å². The van der Waals surface area contributed by atoms with E-state index in [2.05, 4.69) is 10.4 Å². The number of hydrogen-bond donors (Lipinski definition) is 1. The average molecular weight is 343 g/mol. The van der Waals surface area contributed by atoms with Crippen LogP contribution in [-0.2, 0) is 16.0 Å². The van der Waals surface area contributed by atoms with Crippen LogP contribution in [0.15, 0.2) is 77.9 Å². The van der Waals surface area contributed by atoms with Crippen molar-refractivity contribution in [2.24, 2.45) is 5.10 Å². The average Bonchev–Trinajstić information content (AvgIpc) is 3.03. The summed E-state index contributed by atoms with van der Waals surface area (Å²) in [5, 5.41) is 10.5. The van der Waals surface area contributed by atoms with Gasteiger partial charge in [0.1, 0.15) is 5.84 Å². The van der Waals surface area contributed by atoms with Crippen LogP contribution in [0.4, 0.5) is 5.69 Å². The molecule has 5 nitrogen and oxygen atoms in total. The van der Waals surface area contributed by atoms with E-state index in [9.17, 15) is 9.59 Å². The molecule has 0 bridgehead atoms.